The van der Waals surface area contributed by atoms with E-state index in [9.17, 15) is 27.6 Å². The molecular weight excluding hydrogens is 587 g/mol. The van der Waals surface area contributed by atoms with Crippen molar-refractivity contribution in [1.82, 2.24) is 14.8 Å². The van der Waals surface area contributed by atoms with Crippen LogP contribution in [0.4, 0.5) is 13.2 Å². The van der Waals surface area contributed by atoms with Gasteiger partial charge in [0.1, 0.15) is 10.3 Å². The molecule has 0 spiro atoms. The molecule has 0 saturated heterocycles. The summed E-state index contributed by atoms with van der Waals surface area (Å²) in [6.07, 6.45) is -4.25. The van der Waals surface area contributed by atoms with Crippen LogP contribution in [0.2, 0.25) is 0 Å². The highest BCUT2D eigenvalue weighted by Gasteiger charge is 2.38. The van der Waals surface area contributed by atoms with E-state index in [0.29, 0.717) is 32.6 Å². The number of aromatic nitrogens is 1. The maximum Gasteiger partial charge on any atom is 0.490 e. The molecule has 0 unspecified atom stereocenters. The Hall–Kier alpha value is -4.23. The number of pyridine rings is 1. The van der Waals surface area contributed by atoms with Crippen LogP contribution in [0.15, 0.2) is 59.4 Å². The molecule has 0 radical (unpaired) electrons. The number of carboxylic acids is 1. The summed E-state index contributed by atoms with van der Waals surface area (Å²) in [4.78, 5) is 51.4. The van der Waals surface area contributed by atoms with Gasteiger partial charge in [0, 0.05) is 17.5 Å². The number of carbonyl (C=O) groups excluding carboxylic acids is 2. The quantitative estimate of drug-likeness (QED) is 0.175. The first-order chi connectivity index (χ1) is 20.4. The van der Waals surface area contributed by atoms with E-state index in [1.54, 1.807) is 24.3 Å². The van der Waals surface area contributed by atoms with Crippen molar-refractivity contribution in [2.45, 2.75) is 33.0 Å². The van der Waals surface area contributed by atoms with Crippen LogP contribution in [0.25, 0.3) is 21.0 Å². The minimum Gasteiger partial charge on any atom is -0.494 e. The summed E-state index contributed by atoms with van der Waals surface area (Å²) >= 11 is 1.25. The van der Waals surface area contributed by atoms with Crippen molar-refractivity contribution in [3.63, 3.8) is 0 Å². The van der Waals surface area contributed by atoms with Gasteiger partial charge in [0.2, 0.25) is 0 Å². The lowest BCUT2D eigenvalue weighted by atomic mass is 10.1. The molecule has 4 rings (SSSR count). The van der Waals surface area contributed by atoms with Crippen molar-refractivity contribution < 1.29 is 37.4 Å². The third-order valence-corrected chi connectivity index (χ3v) is 7.85. The maximum atomic E-state index is 13.7. The van der Waals surface area contributed by atoms with Gasteiger partial charge in [0.15, 0.2) is 11.5 Å². The zero-order valence-electron chi connectivity index (χ0n) is 23.9. The highest BCUT2D eigenvalue weighted by atomic mass is 32.1. The Morgan fingerprint density at radius 1 is 1.02 bits per heavy atom. The first-order valence-corrected chi connectivity index (χ1v) is 14.3. The number of hydrogen-bond donors (Lipinski definition) is 2. The molecule has 2 aromatic carbocycles. The number of carbonyl (C=O) groups is 3. The van der Waals surface area contributed by atoms with Gasteiger partial charge in [-0.3, -0.25) is 19.0 Å². The third kappa shape index (κ3) is 7.99. The number of thiophene rings is 1. The Morgan fingerprint density at radius 3 is 2.21 bits per heavy atom. The summed E-state index contributed by atoms with van der Waals surface area (Å²) < 4.78 is 39.5. The molecule has 1 amide bonds. The predicted octanol–water partition coefficient (Wildman–Crippen LogP) is 5.20. The number of ether oxygens (including phenoxy) is 1. The SMILES string of the molecule is CCN(CC)CCCNC(=O)c1sc2c(c1OC)c(=O)n(CC(=O)c1ccccc1)c1ccccc21.O=C(O)C(F)(F)F. The number of alkyl halides is 3. The Labute approximate surface area is 249 Å². The van der Waals surface area contributed by atoms with Crippen molar-refractivity contribution in [1.29, 1.82) is 0 Å². The molecule has 2 heterocycles. The second-order valence-corrected chi connectivity index (χ2v) is 10.3. The van der Waals surface area contributed by atoms with E-state index in [-0.39, 0.29) is 29.5 Å². The van der Waals surface area contributed by atoms with Crippen LogP contribution in [-0.2, 0) is 11.3 Å². The molecule has 2 aromatic heterocycles. The topological polar surface area (TPSA) is 118 Å². The number of nitrogens with zero attached hydrogens (tertiary/aromatic N) is 2. The van der Waals surface area contributed by atoms with E-state index in [1.807, 2.05) is 30.3 Å². The van der Waals surface area contributed by atoms with Crippen molar-refractivity contribution in [2.24, 2.45) is 0 Å². The average Bonchev–Trinajstić information content (AvgIpc) is 3.40. The Bertz CT molecular complexity index is 1650. The fraction of sp³-hybridized carbons (Fsp3) is 0.333. The summed E-state index contributed by atoms with van der Waals surface area (Å²) in [5, 5.41) is 11.2. The van der Waals surface area contributed by atoms with Crippen LogP contribution < -0.4 is 15.6 Å². The Morgan fingerprint density at radius 2 is 1.63 bits per heavy atom. The van der Waals surface area contributed by atoms with Gasteiger partial charge in [-0.1, -0.05) is 62.4 Å². The zero-order chi connectivity index (χ0) is 31.7. The van der Waals surface area contributed by atoms with Crippen molar-refractivity contribution in [3.8, 4) is 5.75 Å². The minimum atomic E-state index is -5.08. The summed E-state index contributed by atoms with van der Waals surface area (Å²) in [5.41, 5.74) is 0.840. The number of fused-ring (bicyclic) bond motifs is 3. The fourth-order valence-corrected chi connectivity index (χ4v) is 5.64. The van der Waals surface area contributed by atoms with Crippen LogP contribution in [0.5, 0.6) is 5.75 Å². The Balaban J connectivity index is 0.000000646. The van der Waals surface area contributed by atoms with Crippen molar-refractivity contribution in [2.75, 3.05) is 33.3 Å². The Kier molecular flexibility index (Phi) is 11.4. The van der Waals surface area contributed by atoms with E-state index in [4.69, 9.17) is 14.6 Å². The number of methoxy groups -OCH3 is 1. The van der Waals surface area contributed by atoms with Gasteiger partial charge in [0.25, 0.3) is 11.5 Å². The zero-order valence-corrected chi connectivity index (χ0v) is 24.7. The van der Waals surface area contributed by atoms with E-state index in [2.05, 4.69) is 24.1 Å². The lowest BCUT2D eigenvalue weighted by molar-refractivity contribution is -0.192. The van der Waals surface area contributed by atoms with Gasteiger partial charge in [-0.05, 0) is 32.1 Å². The van der Waals surface area contributed by atoms with Crippen LogP contribution in [0.3, 0.4) is 0 Å². The van der Waals surface area contributed by atoms with E-state index >= 15 is 0 Å². The number of carboxylic acid groups (broad SMARTS) is 1. The normalized spacial score (nSPS) is 11.3. The van der Waals surface area contributed by atoms with Gasteiger partial charge < -0.3 is 20.1 Å². The van der Waals surface area contributed by atoms with Crippen molar-refractivity contribution >= 4 is 50.0 Å². The molecule has 4 aromatic rings. The number of aliphatic carboxylic acids is 1. The van der Waals surface area contributed by atoms with Crippen LogP contribution in [-0.4, -0.2) is 71.7 Å². The molecule has 230 valence electrons. The van der Waals surface area contributed by atoms with Crippen LogP contribution in [0, 0.1) is 0 Å². The number of rotatable bonds is 11. The molecule has 0 fully saturated rings. The standard InChI is InChI=1S/C28H31N3O4S.C2HF3O2/c1-4-30(5-2)17-11-16-29-27(33)26-24(35-3)23-25(36-26)20-14-9-10-15-21(20)31(28(23)34)18-22(32)19-12-7-6-8-13-19;3-2(4,5)1(6)7/h6-10,12-15H,4-5,11,16-18H2,1-3H3,(H,29,33);(H,6,7). The summed E-state index contributed by atoms with van der Waals surface area (Å²) in [7, 11) is 1.47. The number of para-hydroxylation sites is 1. The molecule has 43 heavy (non-hydrogen) atoms. The van der Waals surface area contributed by atoms with Gasteiger partial charge in [0.05, 0.1) is 23.9 Å². The lowest BCUT2D eigenvalue weighted by Crippen LogP contribution is -2.29. The largest absolute Gasteiger partial charge is 0.494 e. The number of Topliss-reactive ketones (excluding diaryl/α,β-unsaturated/α-hetero) is 1. The first kappa shape index (κ1) is 33.3. The molecule has 0 atom stereocenters. The number of benzene rings is 2. The molecule has 0 aliphatic carbocycles. The summed E-state index contributed by atoms with van der Waals surface area (Å²) in [5.74, 6) is -2.93. The molecule has 0 aliphatic rings. The smallest absolute Gasteiger partial charge is 0.490 e. The molecule has 2 N–H and O–H groups in total. The monoisotopic (exact) mass is 619 g/mol. The van der Waals surface area contributed by atoms with E-state index in [1.165, 1.54) is 23.0 Å². The average molecular weight is 620 g/mol. The van der Waals surface area contributed by atoms with Crippen molar-refractivity contribution in [3.05, 3.63) is 75.4 Å². The summed E-state index contributed by atoms with van der Waals surface area (Å²) in [6, 6.07) is 16.4. The molecule has 9 nitrogen and oxygen atoms in total. The molecule has 0 aliphatic heterocycles. The number of amides is 1. The van der Waals surface area contributed by atoms with Gasteiger partial charge in [-0.15, -0.1) is 11.3 Å². The van der Waals surface area contributed by atoms with E-state index in [0.717, 1.165) is 31.4 Å². The first-order valence-electron chi connectivity index (χ1n) is 13.4. The molecule has 0 saturated carbocycles. The fourth-order valence-electron chi connectivity index (χ4n) is 4.43. The predicted molar refractivity (Wildman–Crippen MR) is 159 cm³/mol. The number of nitrogens with one attached hydrogen (secondary N) is 1. The number of hydrogen-bond acceptors (Lipinski definition) is 7. The van der Waals surface area contributed by atoms with Crippen LogP contribution in [0.1, 0.15) is 40.3 Å². The number of ketones is 1. The van der Waals surface area contributed by atoms with Crippen LogP contribution >= 0.6 is 11.3 Å². The minimum absolute atomic E-state index is 0.106. The van der Waals surface area contributed by atoms with Gasteiger partial charge in [-0.25, -0.2) is 4.79 Å². The highest BCUT2D eigenvalue weighted by molar-refractivity contribution is 7.22. The maximum absolute atomic E-state index is 13.7. The molecule has 0 bridgehead atoms. The third-order valence-electron chi connectivity index (χ3n) is 6.64. The molecule has 13 heteroatoms. The second-order valence-electron chi connectivity index (χ2n) is 9.31. The van der Waals surface area contributed by atoms with Gasteiger partial charge in [-0.2, -0.15) is 13.2 Å². The number of halogens is 3. The highest BCUT2D eigenvalue weighted by Crippen LogP contribution is 2.39. The summed E-state index contributed by atoms with van der Waals surface area (Å²) in [6.45, 7) is 7.51. The lowest BCUT2D eigenvalue weighted by Gasteiger charge is -2.17. The van der Waals surface area contributed by atoms with E-state index < -0.39 is 12.1 Å². The second kappa shape index (κ2) is 14.8. The molecular formula is C30H32F3N3O6S. The van der Waals surface area contributed by atoms with Gasteiger partial charge >= 0.3 is 12.1 Å².